The Morgan fingerprint density at radius 3 is 2.62 bits per heavy atom. The maximum absolute atomic E-state index is 13.4. The first-order valence-electron chi connectivity index (χ1n) is 11.6. The standard InChI is InChI=1S/C26H27FN4O2S/c27-22-10-8-21(9-11-22)25-28-29-26(31(25)17-23-7-4-16-33-23)34-18-24(32)30-14-12-20(13-15-30)19-5-2-1-3-6-19/h1-3,5-6,8-12,23H,4,7,13-18H2/t23-/m1/s1. The molecule has 1 saturated heterocycles. The van der Waals surface area contributed by atoms with Crippen molar-refractivity contribution in [3.8, 4) is 11.4 Å². The first-order valence-corrected chi connectivity index (χ1v) is 12.6. The van der Waals surface area contributed by atoms with E-state index in [2.05, 4.69) is 28.4 Å². The zero-order valence-electron chi connectivity index (χ0n) is 18.9. The molecule has 0 saturated carbocycles. The minimum absolute atomic E-state index is 0.0864. The molecule has 2 aromatic carbocycles. The summed E-state index contributed by atoms with van der Waals surface area (Å²) in [5, 5.41) is 9.42. The topological polar surface area (TPSA) is 60.3 Å². The van der Waals surface area contributed by atoms with Gasteiger partial charge in [0, 0.05) is 25.3 Å². The molecule has 6 nitrogen and oxygen atoms in total. The van der Waals surface area contributed by atoms with Gasteiger partial charge in [-0.1, -0.05) is 48.2 Å². The molecule has 1 amide bonds. The number of carbonyl (C=O) groups is 1. The van der Waals surface area contributed by atoms with Crippen LogP contribution in [0.5, 0.6) is 0 Å². The minimum Gasteiger partial charge on any atom is -0.376 e. The lowest BCUT2D eigenvalue weighted by Crippen LogP contribution is -2.36. The van der Waals surface area contributed by atoms with Crippen LogP contribution < -0.4 is 0 Å². The van der Waals surface area contributed by atoms with Crippen molar-refractivity contribution < 1.29 is 13.9 Å². The zero-order valence-corrected chi connectivity index (χ0v) is 19.7. The molecule has 3 aromatic rings. The van der Waals surface area contributed by atoms with Gasteiger partial charge < -0.3 is 9.64 Å². The number of carbonyl (C=O) groups excluding carboxylic acids is 1. The van der Waals surface area contributed by atoms with Gasteiger partial charge in [0.05, 0.1) is 18.4 Å². The van der Waals surface area contributed by atoms with Crippen molar-refractivity contribution in [3.05, 3.63) is 72.1 Å². The number of amides is 1. The normalized spacial score (nSPS) is 18.2. The molecule has 2 aliphatic heterocycles. The van der Waals surface area contributed by atoms with Gasteiger partial charge in [0.15, 0.2) is 11.0 Å². The fourth-order valence-corrected chi connectivity index (χ4v) is 5.24. The van der Waals surface area contributed by atoms with Crippen LogP contribution >= 0.6 is 11.8 Å². The summed E-state index contributed by atoms with van der Waals surface area (Å²) in [6.07, 6.45) is 5.10. The fraction of sp³-hybridized carbons (Fsp3) is 0.346. The number of nitrogens with zero attached hydrogens (tertiary/aromatic N) is 4. The molecule has 0 radical (unpaired) electrons. The Morgan fingerprint density at radius 2 is 1.91 bits per heavy atom. The molecule has 8 heteroatoms. The summed E-state index contributed by atoms with van der Waals surface area (Å²) in [5.41, 5.74) is 3.30. The lowest BCUT2D eigenvalue weighted by molar-refractivity contribution is -0.127. The van der Waals surface area contributed by atoms with Gasteiger partial charge in [0.25, 0.3) is 0 Å². The highest BCUT2D eigenvalue weighted by molar-refractivity contribution is 7.99. The van der Waals surface area contributed by atoms with Crippen LogP contribution in [0, 0.1) is 5.82 Å². The van der Waals surface area contributed by atoms with Crippen LogP contribution in [0.3, 0.4) is 0 Å². The number of thioether (sulfide) groups is 1. The summed E-state index contributed by atoms with van der Waals surface area (Å²) in [5.74, 6) is 0.754. The number of hydrogen-bond donors (Lipinski definition) is 0. The average molecular weight is 479 g/mol. The Morgan fingerprint density at radius 1 is 1.09 bits per heavy atom. The molecule has 0 bridgehead atoms. The largest absolute Gasteiger partial charge is 0.376 e. The molecule has 1 fully saturated rings. The Hall–Kier alpha value is -2.97. The van der Waals surface area contributed by atoms with Crippen LogP contribution in [0.4, 0.5) is 4.39 Å². The third kappa shape index (κ3) is 5.23. The van der Waals surface area contributed by atoms with Gasteiger partial charge in [-0.2, -0.15) is 0 Å². The van der Waals surface area contributed by atoms with E-state index in [-0.39, 0.29) is 17.8 Å². The van der Waals surface area contributed by atoms with E-state index in [1.807, 2.05) is 27.7 Å². The Bertz CT molecular complexity index is 1160. The van der Waals surface area contributed by atoms with Crippen molar-refractivity contribution in [2.24, 2.45) is 0 Å². The Labute approximate surface area is 202 Å². The Balaban J connectivity index is 1.27. The van der Waals surface area contributed by atoms with Gasteiger partial charge in [-0.15, -0.1) is 10.2 Å². The van der Waals surface area contributed by atoms with Crippen LogP contribution in [0.1, 0.15) is 24.8 Å². The van der Waals surface area contributed by atoms with Gasteiger partial charge >= 0.3 is 0 Å². The van der Waals surface area contributed by atoms with Gasteiger partial charge in [0.2, 0.25) is 5.91 Å². The second kappa shape index (κ2) is 10.5. The highest BCUT2D eigenvalue weighted by atomic mass is 32.2. The minimum atomic E-state index is -0.292. The molecule has 1 aromatic heterocycles. The highest BCUT2D eigenvalue weighted by Crippen LogP contribution is 2.28. The van der Waals surface area contributed by atoms with E-state index in [9.17, 15) is 9.18 Å². The van der Waals surface area contributed by atoms with Crippen LogP contribution in [-0.2, 0) is 16.1 Å². The molecular formula is C26H27FN4O2S. The maximum atomic E-state index is 13.4. The van der Waals surface area contributed by atoms with E-state index >= 15 is 0 Å². The molecular weight excluding hydrogens is 451 g/mol. The van der Waals surface area contributed by atoms with E-state index < -0.39 is 0 Å². The van der Waals surface area contributed by atoms with Crippen molar-refractivity contribution in [1.29, 1.82) is 0 Å². The lowest BCUT2D eigenvalue weighted by Gasteiger charge is -2.26. The molecule has 0 N–H and O–H groups in total. The predicted octanol–water partition coefficient (Wildman–Crippen LogP) is 4.67. The predicted molar refractivity (Wildman–Crippen MR) is 131 cm³/mol. The number of halogens is 1. The zero-order chi connectivity index (χ0) is 23.3. The SMILES string of the molecule is O=C(CSc1nnc(-c2ccc(F)cc2)n1C[C@H]1CCCO1)N1CC=C(c2ccccc2)CC1. The summed E-state index contributed by atoms with van der Waals surface area (Å²) < 4.78 is 21.3. The van der Waals surface area contributed by atoms with Crippen molar-refractivity contribution in [2.45, 2.75) is 37.1 Å². The smallest absolute Gasteiger partial charge is 0.233 e. The number of hydrogen-bond acceptors (Lipinski definition) is 5. The second-order valence-corrected chi connectivity index (χ2v) is 9.48. The number of ether oxygens (including phenoxy) is 1. The van der Waals surface area contributed by atoms with Gasteiger partial charge in [0.1, 0.15) is 5.82 Å². The molecule has 0 aliphatic carbocycles. The highest BCUT2D eigenvalue weighted by Gasteiger charge is 2.24. The van der Waals surface area contributed by atoms with E-state index in [1.54, 1.807) is 12.1 Å². The third-order valence-electron chi connectivity index (χ3n) is 6.26. The molecule has 0 unspecified atom stereocenters. The van der Waals surface area contributed by atoms with Crippen LogP contribution in [0.25, 0.3) is 17.0 Å². The fourth-order valence-electron chi connectivity index (χ4n) is 4.39. The summed E-state index contributed by atoms with van der Waals surface area (Å²) in [6.45, 7) is 2.70. The molecule has 2 aliphatic rings. The summed E-state index contributed by atoms with van der Waals surface area (Å²) >= 11 is 1.40. The molecule has 1 atom stereocenters. The van der Waals surface area contributed by atoms with E-state index in [0.717, 1.165) is 31.4 Å². The summed E-state index contributed by atoms with van der Waals surface area (Å²) in [7, 11) is 0. The summed E-state index contributed by atoms with van der Waals surface area (Å²) in [6, 6.07) is 16.6. The molecule has 3 heterocycles. The molecule has 34 heavy (non-hydrogen) atoms. The van der Waals surface area contributed by atoms with E-state index in [0.29, 0.717) is 36.4 Å². The maximum Gasteiger partial charge on any atom is 0.233 e. The first-order chi connectivity index (χ1) is 16.7. The van der Waals surface area contributed by atoms with Crippen LogP contribution in [0.15, 0.2) is 65.8 Å². The van der Waals surface area contributed by atoms with Crippen LogP contribution in [-0.4, -0.2) is 57.1 Å². The van der Waals surface area contributed by atoms with Gasteiger partial charge in [-0.05, 0) is 54.7 Å². The quantitative estimate of drug-likeness (QED) is 0.462. The summed E-state index contributed by atoms with van der Waals surface area (Å²) in [4.78, 5) is 14.8. The average Bonchev–Trinajstić information content (AvgIpc) is 3.54. The van der Waals surface area contributed by atoms with Crippen molar-refractivity contribution in [1.82, 2.24) is 19.7 Å². The van der Waals surface area contributed by atoms with Crippen LogP contribution in [0.2, 0.25) is 0 Å². The second-order valence-electron chi connectivity index (χ2n) is 8.53. The number of rotatable bonds is 7. The molecule has 5 rings (SSSR count). The molecule has 176 valence electrons. The number of aromatic nitrogens is 3. The van der Waals surface area contributed by atoms with Crippen molar-refractivity contribution in [2.75, 3.05) is 25.4 Å². The monoisotopic (exact) mass is 478 g/mol. The third-order valence-corrected chi connectivity index (χ3v) is 7.21. The number of benzene rings is 2. The van der Waals surface area contributed by atoms with Gasteiger partial charge in [-0.3, -0.25) is 9.36 Å². The first kappa shape index (κ1) is 22.8. The van der Waals surface area contributed by atoms with E-state index in [1.165, 1.54) is 35.0 Å². The van der Waals surface area contributed by atoms with E-state index in [4.69, 9.17) is 4.74 Å². The van der Waals surface area contributed by atoms with Gasteiger partial charge in [-0.25, -0.2) is 4.39 Å². The van der Waals surface area contributed by atoms with Crippen molar-refractivity contribution >= 4 is 23.2 Å². The lowest BCUT2D eigenvalue weighted by atomic mass is 10.00. The van der Waals surface area contributed by atoms with Crippen molar-refractivity contribution in [3.63, 3.8) is 0 Å². The molecule has 0 spiro atoms. The Kier molecular flexibility index (Phi) is 7.06.